The van der Waals surface area contributed by atoms with Crippen molar-refractivity contribution in [2.75, 3.05) is 24.1 Å². The first-order valence-corrected chi connectivity index (χ1v) is 16.8. The number of hydrogen-bond donors (Lipinski definition) is 3. The van der Waals surface area contributed by atoms with E-state index in [9.17, 15) is 13.4 Å². The summed E-state index contributed by atoms with van der Waals surface area (Å²) in [6.45, 7) is 2.53. The number of anilines is 1. The van der Waals surface area contributed by atoms with Crippen molar-refractivity contribution in [2.24, 2.45) is 17.5 Å². The highest BCUT2D eigenvalue weighted by molar-refractivity contribution is 7.87. The lowest BCUT2D eigenvalue weighted by atomic mass is 10.00. The molecule has 0 bridgehead atoms. The Morgan fingerprint density at radius 2 is 1.67 bits per heavy atom. The van der Waals surface area contributed by atoms with Gasteiger partial charge in [-0.05, 0) is 80.5 Å². The molecule has 3 atom stereocenters. The fourth-order valence-electron chi connectivity index (χ4n) is 4.89. The summed E-state index contributed by atoms with van der Waals surface area (Å²) in [5.74, 6) is 4.71. The van der Waals surface area contributed by atoms with Crippen LogP contribution >= 0.6 is 23.2 Å². The van der Waals surface area contributed by atoms with Gasteiger partial charge in [0.2, 0.25) is 5.91 Å². The highest BCUT2D eigenvalue weighted by Gasteiger charge is 2.45. The van der Waals surface area contributed by atoms with Crippen LogP contribution in [0.25, 0.3) is 0 Å². The Hall–Kier alpha value is -3.15. The maximum absolute atomic E-state index is 14.8. The topological polar surface area (TPSA) is 114 Å². The molecule has 0 radical (unpaired) electrons. The number of amides is 1. The highest BCUT2D eigenvalue weighted by Crippen LogP contribution is 2.42. The normalized spacial score (nSPS) is 19.3. The van der Waals surface area contributed by atoms with Crippen LogP contribution in [0.2, 0.25) is 10.0 Å². The lowest BCUT2D eigenvalue weighted by molar-refractivity contribution is -0.152. The van der Waals surface area contributed by atoms with E-state index in [1.807, 2.05) is 59.5 Å². The Labute approximate surface area is 277 Å². The molecule has 1 heterocycles. The van der Waals surface area contributed by atoms with Gasteiger partial charge < -0.3 is 20.8 Å². The summed E-state index contributed by atoms with van der Waals surface area (Å²) in [6, 6.07) is 23.0. The summed E-state index contributed by atoms with van der Waals surface area (Å²) < 4.78 is 35.4. The van der Waals surface area contributed by atoms with E-state index in [2.05, 4.69) is 5.43 Å². The number of morpholine rings is 1. The Morgan fingerprint density at radius 1 is 1.04 bits per heavy atom. The summed E-state index contributed by atoms with van der Waals surface area (Å²) in [7, 11) is -1.34. The third-order valence-electron chi connectivity index (χ3n) is 7.61. The molecule has 1 aliphatic heterocycles. The zero-order valence-electron chi connectivity index (χ0n) is 25.2. The summed E-state index contributed by atoms with van der Waals surface area (Å²) in [6.07, 6.45) is 5.18. The Bertz CT molecular complexity index is 1440. The third-order valence-corrected chi connectivity index (χ3v) is 9.94. The zero-order valence-corrected chi connectivity index (χ0v) is 27.5. The minimum Gasteiger partial charge on any atom is -0.403 e. The molecule has 3 fully saturated rings. The van der Waals surface area contributed by atoms with Crippen molar-refractivity contribution in [3.63, 3.8) is 0 Å². The minimum absolute atomic E-state index is 0.0265. The number of ether oxygens (including phenoxy) is 1. The molecule has 3 unspecified atom stereocenters. The van der Waals surface area contributed by atoms with Crippen LogP contribution in [0.15, 0.2) is 90.8 Å². The summed E-state index contributed by atoms with van der Waals surface area (Å²) >= 11 is 11.6. The van der Waals surface area contributed by atoms with Gasteiger partial charge in [-0.3, -0.25) is 14.9 Å². The van der Waals surface area contributed by atoms with E-state index in [0.29, 0.717) is 29.8 Å². The molecule has 2 aliphatic carbocycles. The van der Waals surface area contributed by atoms with Gasteiger partial charge in [0, 0.05) is 21.9 Å². The van der Waals surface area contributed by atoms with Gasteiger partial charge in [0.15, 0.2) is 0 Å². The van der Waals surface area contributed by atoms with E-state index in [0.717, 1.165) is 42.0 Å². The fraction of sp³-hybridized carbons (Fsp3) is 0.364. The number of nitrogens with zero attached hydrogens (tertiary/aromatic N) is 2. The van der Waals surface area contributed by atoms with Crippen molar-refractivity contribution in [3.05, 3.63) is 112 Å². The molecular weight excluding hydrogens is 636 g/mol. The van der Waals surface area contributed by atoms with E-state index in [4.69, 9.17) is 39.5 Å². The predicted molar refractivity (Wildman–Crippen MR) is 180 cm³/mol. The molecule has 1 amide bonds. The van der Waals surface area contributed by atoms with E-state index >= 15 is 0 Å². The molecule has 0 aromatic heterocycles. The number of benzene rings is 3. The van der Waals surface area contributed by atoms with Crippen molar-refractivity contribution in [1.82, 2.24) is 10.3 Å². The van der Waals surface area contributed by atoms with Crippen LogP contribution < -0.4 is 21.3 Å². The van der Waals surface area contributed by atoms with Crippen molar-refractivity contribution in [2.45, 2.75) is 49.9 Å². The van der Waals surface area contributed by atoms with Gasteiger partial charge in [0.25, 0.3) is 0 Å². The average Bonchev–Trinajstić information content (AvgIpc) is 3.98. The number of halogens is 3. The second-order valence-corrected chi connectivity index (χ2v) is 13.6. The first-order chi connectivity index (χ1) is 21.7. The predicted octanol–water partition coefficient (Wildman–Crippen LogP) is 6.10. The molecular formula is C33H40Cl2FN5O3S. The lowest BCUT2D eigenvalue weighted by Gasteiger charge is -2.43. The quantitative estimate of drug-likeness (QED) is 0.187. The van der Waals surface area contributed by atoms with Crippen LogP contribution in [0, 0.1) is 11.7 Å². The number of rotatable bonds is 9. The number of nitrogens with two attached hydrogens (primary N) is 2. The van der Waals surface area contributed by atoms with Gasteiger partial charge in [0.1, 0.15) is 23.4 Å². The second-order valence-electron chi connectivity index (χ2n) is 11.1. The summed E-state index contributed by atoms with van der Waals surface area (Å²) in [5, 5.41) is 1.48. The third kappa shape index (κ3) is 10.2. The number of carbonyl (C=O) groups excluding carboxylic acids is 1. The van der Waals surface area contributed by atoms with E-state index in [-0.39, 0.29) is 29.8 Å². The molecule has 45 heavy (non-hydrogen) atoms. The van der Waals surface area contributed by atoms with Crippen molar-refractivity contribution in [1.29, 1.82) is 0 Å². The number of hydrogen-bond acceptors (Lipinski definition) is 6. The molecule has 0 spiro atoms. The van der Waals surface area contributed by atoms with Crippen LogP contribution in [0.4, 0.5) is 10.1 Å². The first-order valence-electron chi connectivity index (χ1n) is 14.9. The molecule has 6 rings (SSSR count). The van der Waals surface area contributed by atoms with Crippen LogP contribution in [0.3, 0.4) is 0 Å². The smallest absolute Gasteiger partial charge is 0.249 e. The van der Waals surface area contributed by atoms with Crippen LogP contribution in [-0.2, 0) is 20.5 Å². The van der Waals surface area contributed by atoms with Gasteiger partial charge in [-0.25, -0.2) is 8.60 Å². The molecule has 3 aromatic carbocycles. The van der Waals surface area contributed by atoms with Crippen molar-refractivity contribution in [3.8, 4) is 0 Å². The monoisotopic (exact) mass is 675 g/mol. The molecule has 3 aromatic rings. The van der Waals surface area contributed by atoms with Crippen molar-refractivity contribution < 1.29 is 18.1 Å². The van der Waals surface area contributed by atoms with Crippen LogP contribution in [0.5, 0.6) is 0 Å². The lowest BCUT2D eigenvalue weighted by Crippen LogP contribution is -2.54. The van der Waals surface area contributed by atoms with Gasteiger partial charge >= 0.3 is 0 Å². The minimum atomic E-state index is -1.34. The molecule has 1 saturated heterocycles. The molecule has 2 saturated carbocycles. The molecule has 5 N–H and O–H groups in total. The number of allylic oxidation sites excluding steroid dienone is 1. The van der Waals surface area contributed by atoms with Crippen molar-refractivity contribution >= 4 is 45.8 Å². The number of para-hydroxylation sites is 1. The first kappa shape index (κ1) is 34.7. The average molecular weight is 677 g/mol. The molecule has 12 heteroatoms. The second kappa shape index (κ2) is 17.0. The summed E-state index contributed by atoms with van der Waals surface area (Å²) in [4.78, 5) is 15.0. The zero-order chi connectivity index (χ0) is 32.3. The number of hydrazine groups is 1. The van der Waals surface area contributed by atoms with E-state index < -0.39 is 16.8 Å². The van der Waals surface area contributed by atoms with Crippen LogP contribution in [-0.4, -0.2) is 46.1 Å². The van der Waals surface area contributed by atoms with Gasteiger partial charge in [-0.2, -0.15) is 0 Å². The largest absolute Gasteiger partial charge is 0.403 e. The maximum atomic E-state index is 14.8. The van der Waals surface area contributed by atoms with E-state index in [1.54, 1.807) is 29.4 Å². The number of carbonyl (C=O) groups is 1. The SMILES string of the molecule is C/C(=C/N)NN.Clc1ccccc1.O=C1COCC(c2ccc(Cl)cc2)N1C(CN(c1ccccc1F)S(=O)C1CC1)C1CC1. The van der Waals surface area contributed by atoms with E-state index in [1.165, 1.54) is 12.3 Å². The molecule has 8 nitrogen and oxygen atoms in total. The maximum Gasteiger partial charge on any atom is 0.249 e. The molecule has 3 aliphatic rings. The summed E-state index contributed by atoms with van der Waals surface area (Å²) in [5.41, 5.74) is 9.39. The Morgan fingerprint density at radius 3 is 2.18 bits per heavy atom. The standard InChI is InChI=1S/C24H26ClFN2O3S.C6H5Cl.C3H9N3/c25-18-9-7-17(8-10-18)23-14-31-15-24(29)28(23)22(16-5-6-16)13-27(32(30)19-11-12-19)21-4-2-1-3-20(21)26;7-6-4-2-1-3-5-6;1-3(2-4)6-5/h1-4,7-10,16,19,22-23H,5-6,11-15H2;1-5H;2,6H,4-5H2,1H3/b;;3-2-. The Balaban J connectivity index is 0.000000296. The fourth-order valence-corrected chi connectivity index (χ4v) is 6.71. The van der Waals surface area contributed by atoms with Gasteiger partial charge in [-0.1, -0.05) is 65.7 Å². The van der Waals surface area contributed by atoms with Crippen LogP contribution in [0.1, 0.15) is 44.2 Å². The number of nitrogens with one attached hydrogen (secondary N) is 1. The molecule has 242 valence electrons. The Kier molecular flexibility index (Phi) is 13.1. The van der Waals surface area contributed by atoms with Gasteiger partial charge in [-0.15, -0.1) is 0 Å². The highest BCUT2D eigenvalue weighted by atomic mass is 35.5. The van der Waals surface area contributed by atoms with Gasteiger partial charge in [0.05, 0.1) is 36.2 Å².